The van der Waals surface area contributed by atoms with E-state index in [0.29, 0.717) is 12.2 Å². The second kappa shape index (κ2) is 16.3. The van der Waals surface area contributed by atoms with Gasteiger partial charge in [0.15, 0.2) is 6.10 Å². The average Bonchev–Trinajstić information content (AvgIpc) is 3.14. The monoisotopic (exact) mass is 427 g/mol. The standard InChI is InChI=1S/C19H33NO6S.Na.H/c1-2-3-4-5-6-7-8-9-12-18(17-13-10-15-25-17)26-19(21)20-14-11-16-27(22,23)24;;/h10,13,15,18H,2-9,11-12,14,16H2,1H3,(H,20,21)(H,22,23,24);;/q;+1;-1. The van der Waals surface area contributed by atoms with E-state index < -0.39 is 28.1 Å². The van der Waals surface area contributed by atoms with E-state index in [0.717, 1.165) is 12.8 Å². The van der Waals surface area contributed by atoms with Gasteiger partial charge < -0.3 is 15.9 Å². The summed E-state index contributed by atoms with van der Waals surface area (Å²) in [5, 5.41) is 2.50. The summed E-state index contributed by atoms with van der Waals surface area (Å²) in [7, 11) is -4.01. The third-order valence-corrected chi connectivity index (χ3v) is 5.08. The van der Waals surface area contributed by atoms with Crippen molar-refractivity contribution >= 4 is 16.2 Å². The van der Waals surface area contributed by atoms with Crippen LogP contribution in [0.25, 0.3) is 0 Å². The fourth-order valence-corrected chi connectivity index (χ4v) is 3.32. The Labute approximate surface area is 192 Å². The van der Waals surface area contributed by atoms with E-state index in [-0.39, 0.29) is 43.9 Å². The first-order valence-electron chi connectivity index (χ1n) is 9.85. The van der Waals surface area contributed by atoms with E-state index in [2.05, 4.69) is 12.2 Å². The smallest absolute Gasteiger partial charge is 1.00 e. The van der Waals surface area contributed by atoms with Crippen LogP contribution < -0.4 is 34.9 Å². The van der Waals surface area contributed by atoms with Gasteiger partial charge in [-0.25, -0.2) is 4.79 Å². The van der Waals surface area contributed by atoms with Crippen molar-refractivity contribution in [2.75, 3.05) is 12.3 Å². The van der Waals surface area contributed by atoms with Crippen molar-refractivity contribution in [1.82, 2.24) is 5.32 Å². The van der Waals surface area contributed by atoms with Crippen LogP contribution in [0.2, 0.25) is 0 Å². The number of ether oxygens (including phenoxy) is 1. The van der Waals surface area contributed by atoms with Crippen molar-refractivity contribution in [1.29, 1.82) is 0 Å². The van der Waals surface area contributed by atoms with Gasteiger partial charge in [-0.15, -0.1) is 0 Å². The quantitative estimate of drug-likeness (QED) is 0.252. The zero-order valence-electron chi connectivity index (χ0n) is 18.2. The summed E-state index contributed by atoms with van der Waals surface area (Å²) in [5.74, 6) is 0.207. The summed E-state index contributed by atoms with van der Waals surface area (Å²) in [4.78, 5) is 11.9. The van der Waals surface area contributed by atoms with Gasteiger partial charge in [0, 0.05) is 6.54 Å². The van der Waals surface area contributed by atoms with E-state index in [1.165, 1.54) is 38.5 Å². The first kappa shape index (κ1) is 27.5. The molecule has 0 aliphatic rings. The second-order valence-electron chi connectivity index (χ2n) is 6.74. The summed E-state index contributed by atoms with van der Waals surface area (Å²) >= 11 is 0. The number of carbonyl (C=O) groups excluding carboxylic acids is 1. The first-order chi connectivity index (χ1) is 12.9. The molecule has 2 N–H and O–H groups in total. The van der Waals surface area contributed by atoms with Gasteiger partial charge in [0.05, 0.1) is 12.0 Å². The van der Waals surface area contributed by atoms with Gasteiger partial charge in [-0.1, -0.05) is 51.9 Å². The number of unbranched alkanes of at least 4 members (excludes halogenated alkanes) is 7. The number of carbonyl (C=O) groups is 1. The zero-order chi connectivity index (χ0) is 20.0. The molecule has 9 heteroatoms. The molecule has 1 amide bonds. The van der Waals surface area contributed by atoms with Crippen LogP contribution in [0.15, 0.2) is 22.8 Å². The number of amides is 1. The van der Waals surface area contributed by atoms with Gasteiger partial charge in [0.1, 0.15) is 5.76 Å². The second-order valence-corrected chi connectivity index (χ2v) is 8.31. The van der Waals surface area contributed by atoms with Crippen molar-refractivity contribution < 1.29 is 57.9 Å². The predicted octanol–water partition coefficient (Wildman–Crippen LogP) is 1.97. The maximum atomic E-state index is 11.9. The topological polar surface area (TPSA) is 106 Å². The Morgan fingerprint density at radius 2 is 1.82 bits per heavy atom. The minimum atomic E-state index is -4.01. The molecule has 0 radical (unpaired) electrons. The molecule has 28 heavy (non-hydrogen) atoms. The number of rotatable bonds is 15. The zero-order valence-corrected chi connectivity index (χ0v) is 20.0. The first-order valence-corrected chi connectivity index (χ1v) is 11.5. The van der Waals surface area contributed by atoms with Crippen molar-refractivity contribution in [2.45, 2.75) is 77.2 Å². The number of hydrogen-bond acceptors (Lipinski definition) is 5. The van der Waals surface area contributed by atoms with Crippen LogP contribution >= 0.6 is 0 Å². The average molecular weight is 428 g/mol. The molecule has 1 rings (SSSR count). The molecule has 0 aliphatic heterocycles. The number of alkyl carbamates (subject to hydrolysis) is 1. The van der Waals surface area contributed by atoms with Gasteiger partial charge in [-0.05, 0) is 31.4 Å². The molecule has 7 nitrogen and oxygen atoms in total. The molecule has 0 aliphatic carbocycles. The summed E-state index contributed by atoms with van der Waals surface area (Å²) in [6, 6.07) is 3.53. The molecule has 1 atom stereocenters. The molecule has 0 spiro atoms. The fraction of sp³-hybridized carbons (Fsp3) is 0.737. The Morgan fingerprint density at radius 1 is 1.18 bits per heavy atom. The predicted molar refractivity (Wildman–Crippen MR) is 105 cm³/mol. The molecule has 0 saturated carbocycles. The molecule has 1 unspecified atom stereocenters. The van der Waals surface area contributed by atoms with Crippen molar-refractivity contribution in [3.63, 3.8) is 0 Å². The fourth-order valence-electron chi connectivity index (χ4n) is 2.81. The normalized spacial score (nSPS) is 12.2. The van der Waals surface area contributed by atoms with Crippen LogP contribution in [0.3, 0.4) is 0 Å². The number of furan rings is 1. The molecule has 1 aromatic rings. The minimum absolute atomic E-state index is 0. The number of hydrogen-bond donors (Lipinski definition) is 2. The van der Waals surface area contributed by atoms with E-state index in [4.69, 9.17) is 13.7 Å². The van der Waals surface area contributed by atoms with Crippen molar-refractivity contribution in [2.24, 2.45) is 0 Å². The van der Waals surface area contributed by atoms with Gasteiger partial charge in [-0.3, -0.25) is 4.55 Å². The van der Waals surface area contributed by atoms with Crippen molar-refractivity contribution in [3.8, 4) is 0 Å². The van der Waals surface area contributed by atoms with Gasteiger partial charge in [-0.2, -0.15) is 8.42 Å². The van der Waals surface area contributed by atoms with Crippen LogP contribution in [0.4, 0.5) is 4.79 Å². The maximum Gasteiger partial charge on any atom is 1.00 e. The SMILES string of the molecule is CCCCCCCCCCC(OC(=O)NCCCS(=O)(=O)O)c1ccco1.[H-].[Na+]. The molecule has 0 aromatic carbocycles. The third kappa shape index (κ3) is 14.5. The van der Waals surface area contributed by atoms with Gasteiger partial charge in [0.25, 0.3) is 10.1 Å². The van der Waals surface area contributed by atoms with Crippen LogP contribution in [0, 0.1) is 0 Å². The molecular weight excluding hydrogens is 393 g/mol. The Hall–Kier alpha value is -0.540. The Morgan fingerprint density at radius 3 is 2.39 bits per heavy atom. The number of nitrogens with one attached hydrogen (secondary N) is 1. The molecule has 0 saturated heterocycles. The summed E-state index contributed by atoms with van der Waals surface area (Å²) in [6.45, 7) is 2.32. The Balaban J connectivity index is 0. The Bertz CT molecular complexity index is 612. The third-order valence-electron chi connectivity index (χ3n) is 4.28. The molecule has 1 aromatic heterocycles. The van der Waals surface area contributed by atoms with E-state index in [1.807, 2.05) is 0 Å². The molecule has 0 bridgehead atoms. The maximum absolute atomic E-state index is 11.9. The van der Waals surface area contributed by atoms with Crippen LogP contribution in [-0.2, 0) is 14.9 Å². The molecular formula is C19H34NNaO6S. The minimum Gasteiger partial charge on any atom is -1.00 e. The van der Waals surface area contributed by atoms with Crippen LogP contribution in [-0.4, -0.2) is 31.4 Å². The summed E-state index contributed by atoms with van der Waals surface area (Å²) < 4.78 is 40.8. The molecule has 158 valence electrons. The van der Waals surface area contributed by atoms with Crippen LogP contribution in [0.5, 0.6) is 0 Å². The molecule has 0 fully saturated rings. The summed E-state index contributed by atoms with van der Waals surface area (Å²) in [6.07, 6.45) is 10.8. The molecule has 1 heterocycles. The largest absolute Gasteiger partial charge is 1.00 e. The van der Waals surface area contributed by atoms with E-state index >= 15 is 0 Å². The van der Waals surface area contributed by atoms with Crippen LogP contribution in [0.1, 0.15) is 84.4 Å². The van der Waals surface area contributed by atoms with E-state index in [9.17, 15) is 13.2 Å². The van der Waals surface area contributed by atoms with Crippen molar-refractivity contribution in [3.05, 3.63) is 24.2 Å². The summed E-state index contributed by atoms with van der Waals surface area (Å²) in [5.41, 5.74) is 0. The van der Waals surface area contributed by atoms with Gasteiger partial charge >= 0.3 is 35.7 Å². The Kier molecular flexibility index (Phi) is 16.0. The van der Waals surface area contributed by atoms with Gasteiger partial charge in [0.2, 0.25) is 0 Å². The van der Waals surface area contributed by atoms with E-state index in [1.54, 1.807) is 18.4 Å².